The summed E-state index contributed by atoms with van der Waals surface area (Å²) in [5.74, 6) is 0.819. The topological polar surface area (TPSA) is 86.8 Å². The first-order chi connectivity index (χ1) is 13.9. The average Bonchev–Trinajstić information content (AvgIpc) is 3.08. The fourth-order valence-corrected chi connectivity index (χ4v) is 3.94. The molecule has 0 saturated heterocycles. The van der Waals surface area contributed by atoms with Crippen molar-refractivity contribution < 1.29 is 4.79 Å². The van der Waals surface area contributed by atoms with Gasteiger partial charge in [0.25, 0.3) is 0 Å². The molecule has 2 rings (SSSR count). The minimum absolute atomic E-state index is 0.128. The maximum atomic E-state index is 12.7. The first kappa shape index (κ1) is 22.9. The minimum Gasteiger partial charge on any atom is -0.325 e. The molecule has 0 spiro atoms. The van der Waals surface area contributed by atoms with Crippen molar-refractivity contribution in [3.8, 4) is 6.07 Å². The van der Waals surface area contributed by atoms with Crippen LogP contribution in [0, 0.1) is 11.3 Å². The molecular weight excluding hydrogens is 384 g/mol. The van der Waals surface area contributed by atoms with E-state index in [2.05, 4.69) is 44.9 Å². The van der Waals surface area contributed by atoms with Gasteiger partial charge in [0.2, 0.25) is 5.91 Å². The van der Waals surface area contributed by atoms with E-state index in [0.29, 0.717) is 11.3 Å². The van der Waals surface area contributed by atoms with Crippen molar-refractivity contribution in [1.82, 2.24) is 19.7 Å². The molecule has 2 atom stereocenters. The zero-order chi connectivity index (χ0) is 21.4. The number of nitrogens with one attached hydrogen (secondary N) is 1. The second-order valence-corrected chi connectivity index (χ2v) is 8.48. The first-order valence-corrected chi connectivity index (χ1v) is 10.9. The van der Waals surface area contributed by atoms with Gasteiger partial charge in [-0.1, -0.05) is 38.1 Å². The van der Waals surface area contributed by atoms with E-state index in [1.807, 2.05) is 21.0 Å². The number of unbranched alkanes of at least 4 members (excludes halogenated alkanes) is 1. The molecule has 29 heavy (non-hydrogen) atoms. The highest BCUT2D eigenvalue weighted by Gasteiger charge is 2.24. The van der Waals surface area contributed by atoms with Crippen LogP contribution in [0.4, 0.5) is 5.69 Å². The summed E-state index contributed by atoms with van der Waals surface area (Å²) >= 11 is 1.41. The third-order valence-electron chi connectivity index (χ3n) is 4.70. The van der Waals surface area contributed by atoms with Crippen LogP contribution in [-0.4, -0.2) is 44.9 Å². The SMILES string of the molecule is CCCCn1c(S[C@@H](C)C(=O)Nc2cccc(C#N)c2)nnc1[C@@H](CC)N(C)C. The van der Waals surface area contributed by atoms with Gasteiger partial charge in [0.15, 0.2) is 11.0 Å². The quantitative estimate of drug-likeness (QED) is 0.590. The summed E-state index contributed by atoms with van der Waals surface area (Å²) in [6.07, 6.45) is 3.04. The number of carbonyl (C=O) groups is 1. The molecule has 0 saturated carbocycles. The molecule has 1 N–H and O–H groups in total. The van der Waals surface area contributed by atoms with Crippen molar-refractivity contribution in [3.05, 3.63) is 35.7 Å². The summed E-state index contributed by atoms with van der Waals surface area (Å²) in [6, 6.07) is 9.18. The third-order valence-corrected chi connectivity index (χ3v) is 5.78. The Morgan fingerprint density at radius 3 is 2.72 bits per heavy atom. The van der Waals surface area contributed by atoms with Gasteiger partial charge >= 0.3 is 0 Å². The van der Waals surface area contributed by atoms with Gasteiger partial charge in [-0.15, -0.1) is 10.2 Å². The Labute approximate surface area is 177 Å². The summed E-state index contributed by atoms with van der Waals surface area (Å²) in [4.78, 5) is 14.8. The van der Waals surface area contributed by atoms with Crippen LogP contribution in [-0.2, 0) is 11.3 Å². The Hall–Kier alpha value is -2.37. The van der Waals surface area contributed by atoms with E-state index >= 15 is 0 Å². The van der Waals surface area contributed by atoms with Gasteiger partial charge in [-0.05, 0) is 52.1 Å². The van der Waals surface area contributed by atoms with Crippen LogP contribution in [0.1, 0.15) is 57.5 Å². The summed E-state index contributed by atoms with van der Waals surface area (Å²) < 4.78 is 2.16. The number of rotatable bonds is 10. The number of thioether (sulfide) groups is 1. The van der Waals surface area contributed by atoms with Crippen molar-refractivity contribution in [2.24, 2.45) is 0 Å². The monoisotopic (exact) mass is 414 g/mol. The lowest BCUT2D eigenvalue weighted by molar-refractivity contribution is -0.115. The molecule has 1 amide bonds. The van der Waals surface area contributed by atoms with Gasteiger partial charge in [0, 0.05) is 12.2 Å². The van der Waals surface area contributed by atoms with Crippen molar-refractivity contribution in [2.45, 2.75) is 63.0 Å². The van der Waals surface area contributed by atoms with Crippen LogP contribution in [0.25, 0.3) is 0 Å². The van der Waals surface area contributed by atoms with E-state index in [1.165, 1.54) is 11.8 Å². The second-order valence-electron chi connectivity index (χ2n) is 7.18. The molecule has 7 nitrogen and oxygen atoms in total. The molecule has 1 heterocycles. The zero-order valence-electron chi connectivity index (χ0n) is 17.8. The van der Waals surface area contributed by atoms with E-state index in [1.54, 1.807) is 24.3 Å². The Bertz CT molecular complexity index is 857. The van der Waals surface area contributed by atoms with Gasteiger partial charge < -0.3 is 9.88 Å². The lowest BCUT2D eigenvalue weighted by Crippen LogP contribution is -2.24. The Balaban J connectivity index is 2.17. The Morgan fingerprint density at radius 1 is 1.34 bits per heavy atom. The number of hydrogen-bond acceptors (Lipinski definition) is 6. The molecule has 2 aromatic rings. The maximum absolute atomic E-state index is 12.7. The predicted molar refractivity (Wildman–Crippen MR) is 117 cm³/mol. The van der Waals surface area contributed by atoms with Gasteiger partial charge in [-0.2, -0.15) is 5.26 Å². The van der Waals surface area contributed by atoms with Crippen LogP contribution in [0.5, 0.6) is 0 Å². The highest BCUT2D eigenvalue weighted by atomic mass is 32.2. The number of benzene rings is 1. The van der Waals surface area contributed by atoms with Crippen LogP contribution in [0.2, 0.25) is 0 Å². The van der Waals surface area contributed by atoms with Crippen molar-refractivity contribution in [2.75, 3.05) is 19.4 Å². The van der Waals surface area contributed by atoms with Crippen molar-refractivity contribution in [1.29, 1.82) is 5.26 Å². The van der Waals surface area contributed by atoms with Gasteiger partial charge in [0.05, 0.1) is 22.9 Å². The average molecular weight is 415 g/mol. The standard InChI is InChI=1S/C21H30N6OS/c1-6-8-12-27-19(18(7-2)26(4)5)24-25-21(27)29-15(3)20(28)23-17-11-9-10-16(13-17)14-22/h9-11,13,15,18H,6-8,12H2,1-5H3,(H,23,28)/t15-,18+/m0/s1. The van der Waals surface area contributed by atoms with Crippen molar-refractivity contribution >= 4 is 23.4 Å². The second kappa shape index (κ2) is 11.0. The summed E-state index contributed by atoms with van der Waals surface area (Å²) in [6.45, 7) is 6.99. The van der Waals surface area contributed by atoms with Crippen molar-refractivity contribution in [3.63, 3.8) is 0 Å². The minimum atomic E-state index is -0.349. The molecular formula is C21H30N6OS. The van der Waals surface area contributed by atoms with E-state index in [9.17, 15) is 4.79 Å². The fourth-order valence-electron chi connectivity index (χ4n) is 3.06. The molecule has 0 fully saturated rings. The molecule has 0 aliphatic rings. The van der Waals surface area contributed by atoms with E-state index in [4.69, 9.17) is 5.26 Å². The van der Waals surface area contributed by atoms with Crippen LogP contribution in [0.15, 0.2) is 29.4 Å². The number of hydrogen-bond donors (Lipinski definition) is 1. The van der Waals surface area contributed by atoms with Crippen LogP contribution in [0.3, 0.4) is 0 Å². The number of amides is 1. The third kappa shape index (κ3) is 6.05. The van der Waals surface area contributed by atoms with Gasteiger partial charge in [-0.3, -0.25) is 9.69 Å². The highest BCUT2D eigenvalue weighted by molar-refractivity contribution is 8.00. The smallest absolute Gasteiger partial charge is 0.237 e. The lowest BCUT2D eigenvalue weighted by Gasteiger charge is -2.23. The van der Waals surface area contributed by atoms with E-state index in [-0.39, 0.29) is 17.2 Å². The predicted octanol–water partition coefficient (Wildman–Crippen LogP) is 4.08. The van der Waals surface area contributed by atoms with Crippen LogP contribution < -0.4 is 5.32 Å². The molecule has 0 aliphatic heterocycles. The molecule has 1 aromatic heterocycles. The normalized spacial score (nSPS) is 13.1. The largest absolute Gasteiger partial charge is 0.325 e. The number of nitrogens with zero attached hydrogens (tertiary/aromatic N) is 5. The molecule has 0 radical (unpaired) electrons. The highest BCUT2D eigenvalue weighted by Crippen LogP contribution is 2.28. The van der Waals surface area contributed by atoms with Gasteiger partial charge in [-0.25, -0.2) is 0 Å². The zero-order valence-corrected chi connectivity index (χ0v) is 18.7. The first-order valence-electron chi connectivity index (χ1n) is 9.98. The fraction of sp³-hybridized carbons (Fsp3) is 0.524. The Morgan fingerprint density at radius 2 is 2.10 bits per heavy atom. The maximum Gasteiger partial charge on any atom is 0.237 e. The van der Waals surface area contributed by atoms with Gasteiger partial charge in [0.1, 0.15) is 0 Å². The van der Waals surface area contributed by atoms with E-state index < -0.39 is 0 Å². The van der Waals surface area contributed by atoms with E-state index in [0.717, 1.165) is 36.8 Å². The number of anilines is 1. The summed E-state index contributed by atoms with van der Waals surface area (Å²) in [5.41, 5.74) is 1.13. The number of nitriles is 1. The summed E-state index contributed by atoms with van der Waals surface area (Å²) in [7, 11) is 4.09. The lowest BCUT2D eigenvalue weighted by atomic mass is 10.2. The number of carbonyl (C=O) groups excluding carboxylic acids is 1. The molecule has 0 unspecified atom stereocenters. The molecule has 8 heteroatoms. The number of aromatic nitrogens is 3. The van der Waals surface area contributed by atoms with Crippen LogP contribution >= 0.6 is 11.8 Å². The molecule has 0 aliphatic carbocycles. The molecule has 156 valence electrons. The molecule has 0 bridgehead atoms. The molecule has 1 aromatic carbocycles. The summed E-state index contributed by atoms with van der Waals surface area (Å²) in [5, 5.41) is 21.2. The Kier molecular flexibility index (Phi) is 8.68.